The number of nitrogens with zero attached hydrogens (tertiary/aromatic N) is 2. The fraction of sp³-hybridized carbons (Fsp3) is 0.294. The first-order valence-electron chi connectivity index (χ1n) is 8.00. The van der Waals surface area contributed by atoms with Gasteiger partial charge in [0.1, 0.15) is 6.04 Å². The van der Waals surface area contributed by atoms with Crippen LogP contribution in [0.3, 0.4) is 0 Å². The fourth-order valence-electron chi connectivity index (χ4n) is 2.83. The van der Waals surface area contributed by atoms with E-state index in [0.29, 0.717) is 31.0 Å². The number of hydrogen-bond donors (Lipinski definition) is 1. The molecule has 0 bridgehead atoms. The van der Waals surface area contributed by atoms with E-state index in [0.717, 1.165) is 4.47 Å². The standard InChI is InChI=1S/C17H18BrN3O4S/c1-25-16-9-6-13(11-19-16)20-17(22)15-3-2-10-21(15)26(23,24)14-7-4-12(18)5-8-14/h4-9,11,15H,2-3,10H2,1H3,(H,20,22). The maximum atomic E-state index is 12.9. The third-order valence-corrected chi connectivity index (χ3v) is 6.59. The molecule has 0 aliphatic carbocycles. The van der Waals surface area contributed by atoms with Gasteiger partial charge in [0.2, 0.25) is 21.8 Å². The number of ether oxygens (including phenoxy) is 1. The molecule has 7 nitrogen and oxygen atoms in total. The van der Waals surface area contributed by atoms with E-state index in [4.69, 9.17) is 4.74 Å². The van der Waals surface area contributed by atoms with Gasteiger partial charge in [-0.3, -0.25) is 4.79 Å². The first kappa shape index (κ1) is 18.8. The fourth-order valence-corrected chi connectivity index (χ4v) is 4.75. The molecule has 1 fully saturated rings. The largest absolute Gasteiger partial charge is 0.481 e. The molecule has 1 aliphatic rings. The summed E-state index contributed by atoms with van der Waals surface area (Å²) in [5.41, 5.74) is 0.490. The quantitative estimate of drug-likeness (QED) is 0.773. The summed E-state index contributed by atoms with van der Waals surface area (Å²) in [6, 6.07) is 8.93. The van der Waals surface area contributed by atoms with Crippen LogP contribution in [-0.2, 0) is 14.8 Å². The Bertz CT molecular complexity index is 885. The lowest BCUT2D eigenvalue weighted by Gasteiger charge is -2.23. The van der Waals surface area contributed by atoms with Gasteiger partial charge in [0.25, 0.3) is 0 Å². The summed E-state index contributed by atoms with van der Waals surface area (Å²) < 4.78 is 32.8. The molecule has 1 atom stereocenters. The zero-order valence-corrected chi connectivity index (χ0v) is 16.5. The van der Waals surface area contributed by atoms with Crippen molar-refractivity contribution in [2.24, 2.45) is 0 Å². The lowest BCUT2D eigenvalue weighted by atomic mass is 10.2. The van der Waals surface area contributed by atoms with E-state index in [2.05, 4.69) is 26.2 Å². The maximum absolute atomic E-state index is 12.9. The lowest BCUT2D eigenvalue weighted by molar-refractivity contribution is -0.119. The molecular weight excluding hydrogens is 422 g/mol. The minimum absolute atomic E-state index is 0.173. The van der Waals surface area contributed by atoms with Crippen molar-refractivity contribution in [1.29, 1.82) is 0 Å². The zero-order chi connectivity index (χ0) is 18.7. The van der Waals surface area contributed by atoms with Crippen LogP contribution in [0, 0.1) is 0 Å². The number of carbonyl (C=O) groups excluding carboxylic acids is 1. The summed E-state index contributed by atoms with van der Waals surface area (Å²) in [6.45, 7) is 0.317. The Morgan fingerprint density at radius 1 is 1.27 bits per heavy atom. The van der Waals surface area contributed by atoms with Crippen molar-refractivity contribution >= 4 is 37.5 Å². The lowest BCUT2D eigenvalue weighted by Crippen LogP contribution is -2.43. The molecule has 3 rings (SSSR count). The van der Waals surface area contributed by atoms with Gasteiger partial charge in [0.05, 0.1) is 23.9 Å². The Balaban J connectivity index is 1.78. The summed E-state index contributed by atoms with van der Waals surface area (Å²) >= 11 is 3.29. The van der Waals surface area contributed by atoms with Crippen LogP contribution in [0.25, 0.3) is 0 Å². The maximum Gasteiger partial charge on any atom is 0.243 e. The van der Waals surface area contributed by atoms with Crippen LogP contribution in [0.2, 0.25) is 0 Å². The average Bonchev–Trinajstić information content (AvgIpc) is 3.13. The molecule has 1 aromatic carbocycles. The number of pyridine rings is 1. The molecule has 1 N–H and O–H groups in total. The highest BCUT2D eigenvalue weighted by Crippen LogP contribution is 2.27. The molecule has 0 radical (unpaired) electrons. The highest BCUT2D eigenvalue weighted by atomic mass is 79.9. The van der Waals surface area contributed by atoms with E-state index in [1.807, 2.05) is 0 Å². The van der Waals surface area contributed by atoms with Crippen molar-refractivity contribution in [3.05, 3.63) is 47.1 Å². The van der Waals surface area contributed by atoms with Gasteiger partial charge in [-0.15, -0.1) is 0 Å². The van der Waals surface area contributed by atoms with Crippen LogP contribution in [0.1, 0.15) is 12.8 Å². The first-order chi connectivity index (χ1) is 12.4. The smallest absolute Gasteiger partial charge is 0.243 e. The molecule has 2 heterocycles. The Hall–Kier alpha value is -1.97. The van der Waals surface area contributed by atoms with Gasteiger partial charge in [0, 0.05) is 17.1 Å². The molecule has 1 aliphatic heterocycles. The predicted molar refractivity (Wildman–Crippen MR) is 100 cm³/mol. The van der Waals surface area contributed by atoms with Gasteiger partial charge in [-0.1, -0.05) is 15.9 Å². The monoisotopic (exact) mass is 439 g/mol. The van der Waals surface area contributed by atoms with Crippen LogP contribution < -0.4 is 10.1 Å². The minimum Gasteiger partial charge on any atom is -0.481 e. The number of sulfonamides is 1. The Morgan fingerprint density at radius 3 is 2.62 bits per heavy atom. The van der Waals surface area contributed by atoms with Gasteiger partial charge >= 0.3 is 0 Å². The van der Waals surface area contributed by atoms with Crippen molar-refractivity contribution in [1.82, 2.24) is 9.29 Å². The second-order valence-electron chi connectivity index (χ2n) is 5.81. The summed E-state index contributed by atoms with van der Waals surface area (Å²) in [6.07, 6.45) is 2.58. The number of carbonyl (C=O) groups is 1. The van der Waals surface area contributed by atoms with E-state index in [1.165, 1.54) is 29.7 Å². The summed E-state index contributed by atoms with van der Waals surface area (Å²) in [7, 11) is -2.23. The van der Waals surface area contributed by atoms with E-state index in [-0.39, 0.29) is 10.8 Å². The van der Waals surface area contributed by atoms with E-state index < -0.39 is 16.1 Å². The topological polar surface area (TPSA) is 88.6 Å². The van der Waals surface area contributed by atoms with E-state index >= 15 is 0 Å². The number of rotatable bonds is 5. The van der Waals surface area contributed by atoms with Crippen molar-refractivity contribution in [3.8, 4) is 5.88 Å². The number of aromatic nitrogens is 1. The molecule has 1 saturated heterocycles. The van der Waals surface area contributed by atoms with Gasteiger partial charge in [0.15, 0.2) is 0 Å². The normalized spacial score (nSPS) is 17.8. The van der Waals surface area contributed by atoms with Crippen LogP contribution >= 0.6 is 15.9 Å². The third kappa shape index (κ3) is 3.89. The molecule has 26 heavy (non-hydrogen) atoms. The zero-order valence-electron chi connectivity index (χ0n) is 14.1. The van der Waals surface area contributed by atoms with Crippen LogP contribution in [0.4, 0.5) is 5.69 Å². The van der Waals surface area contributed by atoms with Crippen molar-refractivity contribution < 1.29 is 17.9 Å². The number of anilines is 1. The molecule has 2 aromatic rings. The number of halogens is 1. The number of amides is 1. The van der Waals surface area contributed by atoms with Crippen molar-refractivity contribution in [3.63, 3.8) is 0 Å². The molecular formula is C17H18BrN3O4S. The Kier molecular flexibility index (Phi) is 5.59. The molecule has 1 unspecified atom stereocenters. The highest BCUT2D eigenvalue weighted by molar-refractivity contribution is 9.10. The summed E-state index contributed by atoms with van der Waals surface area (Å²) in [4.78, 5) is 16.8. The number of methoxy groups -OCH3 is 1. The number of hydrogen-bond acceptors (Lipinski definition) is 5. The molecule has 0 spiro atoms. The second kappa shape index (κ2) is 7.73. The third-order valence-electron chi connectivity index (χ3n) is 4.14. The Morgan fingerprint density at radius 2 is 2.00 bits per heavy atom. The van der Waals surface area contributed by atoms with Gasteiger partial charge in [-0.2, -0.15) is 4.31 Å². The Labute approximate surface area is 160 Å². The summed E-state index contributed by atoms with van der Waals surface area (Å²) in [5.74, 6) is 0.0680. The predicted octanol–water partition coefficient (Wildman–Crippen LogP) is 2.64. The molecule has 9 heteroatoms. The van der Waals surface area contributed by atoms with Crippen LogP contribution in [0.15, 0.2) is 52.0 Å². The van der Waals surface area contributed by atoms with Crippen molar-refractivity contribution in [2.75, 3.05) is 19.0 Å². The molecule has 138 valence electrons. The molecule has 1 aromatic heterocycles. The SMILES string of the molecule is COc1ccc(NC(=O)C2CCCN2S(=O)(=O)c2ccc(Br)cc2)cn1. The van der Waals surface area contributed by atoms with Gasteiger partial charge < -0.3 is 10.1 Å². The molecule has 0 saturated carbocycles. The molecule has 1 amide bonds. The van der Waals surface area contributed by atoms with Crippen LogP contribution in [-0.4, -0.2) is 43.3 Å². The summed E-state index contributed by atoms with van der Waals surface area (Å²) in [5, 5.41) is 2.73. The van der Waals surface area contributed by atoms with E-state index in [1.54, 1.807) is 24.3 Å². The number of nitrogens with one attached hydrogen (secondary N) is 1. The highest BCUT2D eigenvalue weighted by Gasteiger charge is 2.39. The van der Waals surface area contributed by atoms with Gasteiger partial charge in [-0.05, 0) is 43.2 Å². The first-order valence-corrected chi connectivity index (χ1v) is 10.2. The second-order valence-corrected chi connectivity index (χ2v) is 8.61. The minimum atomic E-state index is -3.74. The van der Waals surface area contributed by atoms with Crippen molar-refractivity contribution in [2.45, 2.75) is 23.8 Å². The average molecular weight is 440 g/mol. The van der Waals surface area contributed by atoms with E-state index in [9.17, 15) is 13.2 Å². The van der Waals surface area contributed by atoms with Crippen LogP contribution in [0.5, 0.6) is 5.88 Å². The number of benzene rings is 1. The van der Waals surface area contributed by atoms with Gasteiger partial charge in [-0.25, -0.2) is 13.4 Å².